The highest BCUT2D eigenvalue weighted by Gasteiger charge is 2.34. The van der Waals surface area contributed by atoms with Crippen LogP contribution in [0.3, 0.4) is 0 Å². The van der Waals surface area contributed by atoms with Crippen LogP contribution in [0.25, 0.3) is 0 Å². The molecule has 4 rings (SSSR count). The molecule has 0 spiro atoms. The van der Waals surface area contributed by atoms with Gasteiger partial charge in [-0.3, -0.25) is 9.59 Å². The largest absolute Gasteiger partial charge is 0.446 e. The maximum Gasteiger partial charge on any atom is 0.408 e. The molecule has 3 aliphatic rings. The van der Waals surface area contributed by atoms with E-state index in [0.717, 1.165) is 56.9 Å². The van der Waals surface area contributed by atoms with E-state index in [1.54, 1.807) is 0 Å². The molecule has 1 aromatic rings. The molecule has 3 fully saturated rings. The number of alkyl carbamates (subject to hydrolysis) is 1. The molecule has 0 bridgehead atoms. The predicted molar refractivity (Wildman–Crippen MR) is 145 cm³/mol. The molecule has 2 aliphatic carbocycles. The number of aldehydes is 1. The van der Waals surface area contributed by atoms with E-state index >= 15 is 0 Å². The third-order valence-corrected chi connectivity index (χ3v) is 8.57. The summed E-state index contributed by atoms with van der Waals surface area (Å²) in [5, 5.41) is 9.06. The van der Waals surface area contributed by atoms with Crippen molar-refractivity contribution in [2.45, 2.75) is 95.2 Å². The van der Waals surface area contributed by atoms with Crippen LogP contribution in [0.15, 0.2) is 24.3 Å². The van der Waals surface area contributed by atoms with Gasteiger partial charge in [0.15, 0.2) is 0 Å². The molecular weight excluding hydrogens is 506 g/mol. The van der Waals surface area contributed by atoms with E-state index < -0.39 is 24.1 Å². The van der Waals surface area contributed by atoms with Crippen molar-refractivity contribution in [3.8, 4) is 0 Å². The molecule has 208 valence electrons. The topological polar surface area (TPSA) is 114 Å². The minimum absolute atomic E-state index is 0.0875. The van der Waals surface area contributed by atoms with Gasteiger partial charge in [0, 0.05) is 23.4 Å². The van der Waals surface area contributed by atoms with Crippen LogP contribution in [-0.2, 0) is 25.5 Å². The molecular formula is C29H40ClN3O5. The average Bonchev–Trinajstić information content (AvgIpc) is 3.51. The van der Waals surface area contributed by atoms with Gasteiger partial charge in [-0.2, -0.15) is 0 Å². The summed E-state index contributed by atoms with van der Waals surface area (Å²) in [4.78, 5) is 50.0. The third kappa shape index (κ3) is 8.19. The van der Waals surface area contributed by atoms with Crippen LogP contribution in [0.5, 0.6) is 0 Å². The van der Waals surface area contributed by atoms with Gasteiger partial charge < -0.3 is 25.5 Å². The normalized spacial score (nSPS) is 25.3. The van der Waals surface area contributed by atoms with Crippen molar-refractivity contribution < 1.29 is 23.9 Å². The van der Waals surface area contributed by atoms with Crippen molar-refractivity contribution >= 4 is 35.8 Å². The van der Waals surface area contributed by atoms with E-state index in [2.05, 4.69) is 16.0 Å². The van der Waals surface area contributed by atoms with Crippen molar-refractivity contribution in [1.82, 2.24) is 16.0 Å². The van der Waals surface area contributed by atoms with E-state index in [4.69, 9.17) is 16.3 Å². The molecule has 3 amide bonds. The van der Waals surface area contributed by atoms with E-state index in [1.165, 1.54) is 6.42 Å². The van der Waals surface area contributed by atoms with Crippen LogP contribution in [0.2, 0.25) is 5.02 Å². The Morgan fingerprint density at radius 1 is 1.05 bits per heavy atom. The molecule has 8 nitrogen and oxygen atoms in total. The lowest BCUT2D eigenvalue weighted by molar-refractivity contribution is -0.127. The Labute approximate surface area is 230 Å². The Morgan fingerprint density at radius 2 is 1.87 bits per heavy atom. The van der Waals surface area contributed by atoms with Crippen LogP contribution in [0.1, 0.15) is 76.2 Å². The summed E-state index contributed by atoms with van der Waals surface area (Å²) in [5.41, 5.74) is 1.11. The number of amides is 3. The van der Waals surface area contributed by atoms with Gasteiger partial charge in [0.05, 0.1) is 6.04 Å². The Hall–Kier alpha value is -2.61. The monoisotopic (exact) mass is 545 g/mol. The SMILES string of the molecule is O=C[C@H](C[C@@H]1CCNC1=O)NC(=O)[C@H](CC1CCCCC1)NC(=O)O[C@@H]1CCC[C@H]1Cc1cccc(Cl)c1. The molecule has 2 saturated carbocycles. The lowest BCUT2D eigenvalue weighted by atomic mass is 9.84. The summed E-state index contributed by atoms with van der Waals surface area (Å²) in [5.74, 6) is -0.251. The first-order valence-corrected chi connectivity index (χ1v) is 14.5. The quantitative estimate of drug-likeness (QED) is 0.358. The Morgan fingerprint density at radius 3 is 2.58 bits per heavy atom. The highest BCUT2D eigenvalue weighted by molar-refractivity contribution is 6.30. The van der Waals surface area contributed by atoms with E-state index in [-0.39, 0.29) is 30.3 Å². The standard InChI is InChI=1S/C29H40ClN3O5/c30-23-10-4-8-20(15-23)14-21-9-5-11-26(21)38-29(37)33-25(16-19-6-2-1-3-7-19)28(36)32-24(18-34)17-22-12-13-31-27(22)35/h4,8,10,15,18-19,21-22,24-26H,1-3,5-7,9,11-14,16-17H2,(H,31,35)(H,32,36)(H,33,37)/t21-,22-,24-,25-,26+/m0/s1. The number of hydrogen-bond acceptors (Lipinski definition) is 5. The van der Waals surface area contributed by atoms with Crippen LogP contribution in [0.4, 0.5) is 4.79 Å². The highest BCUT2D eigenvalue weighted by atomic mass is 35.5. The van der Waals surface area contributed by atoms with Gasteiger partial charge in [0.2, 0.25) is 11.8 Å². The molecule has 0 unspecified atom stereocenters. The maximum absolute atomic E-state index is 13.3. The Balaban J connectivity index is 1.36. The summed E-state index contributed by atoms with van der Waals surface area (Å²) >= 11 is 6.14. The smallest absolute Gasteiger partial charge is 0.408 e. The summed E-state index contributed by atoms with van der Waals surface area (Å²) in [6, 6.07) is 6.18. The van der Waals surface area contributed by atoms with Crippen LogP contribution < -0.4 is 16.0 Å². The zero-order valence-electron chi connectivity index (χ0n) is 22.0. The van der Waals surface area contributed by atoms with Gasteiger partial charge in [-0.15, -0.1) is 0 Å². The highest BCUT2D eigenvalue weighted by Crippen LogP contribution is 2.32. The molecule has 1 saturated heterocycles. The maximum atomic E-state index is 13.3. The lowest BCUT2D eigenvalue weighted by Gasteiger charge is -2.28. The molecule has 9 heteroatoms. The van der Waals surface area contributed by atoms with Gasteiger partial charge in [0.25, 0.3) is 0 Å². The zero-order valence-corrected chi connectivity index (χ0v) is 22.7. The molecule has 1 aromatic carbocycles. The van der Waals surface area contributed by atoms with Crippen LogP contribution >= 0.6 is 11.6 Å². The number of rotatable bonds is 11. The van der Waals surface area contributed by atoms with Crippen LogP contribution in [0, 0.1) is 17.8 Å². The number of ether oxygens (including phenoxy) is 1. The van der Waals surface area contributed by atoms with Crippen molar-refractivity contribution in [2.75, 3.05) is 6.54 Å². The summed E-state index contributed by atoms with van der Waals surface area (Å²) in [7, 11) is 0. The number of benzene rings is 1. The molecule has 1 aliphatic heterocycles. The molecule has 5 atom stereocenters. The first-order valence-electron chi connectivity index (χ1n) is 14.2. The van der Waals surface area contributed by atoms with Crippen molar-refractivity contribution in [3.63, 3.8) is 0 Å². The zero-order chi connectivity index (χ0) is 26.9. The molecule has 0 radical (unpaired) electrons. The second kappa shape index (κ2) is 14.0. The van der Waals surface area contributed by atoms with Gasteiger partial charge in [-0.05, 0) is 68.6 Å². The lowest BCUT2D eigenvalue weighted by Crippen LogP contribution is -2.52. The molecule has 38 heavy (non-hydrogen) atoms. The number of carbonyl (C=O) groups excluding carboxylic acids is 4. The van der Waals surface area contributed by atoms with Crippen molar-refractivity contribution in [1.29, 1.82) is 0 Å². The van der Waals surface area contributed by atoms with E-state index in [0.29, 0.717) is 36.6 Å². The molecule has 0 aromatic heterocycles. The van der Waals surface area contributed by atoms with E-state index in [9.17, 15) is 19.2 Å². The number of halogens is 1. The number of hydrogen-bond donors (Lipinski definition) is 3. The number of nitrogens with one attached hydrogen (secondary N) is 3. The van der Waals surface area contributed by atoms with Gasteiger partial charge in [-0.1, -0.05) is 55.8 Å². The van der Waals surface area contributed by atoms with Gasteiger partial charge in [0.1, 0.15) is 18.4 Å². The second-order valence-electron chi connectivity index (χ2n) is 11.2. The Kier molecular flexibility index (Phi) is 10.4. The van der Waals surface area contributed by atoms with Gasteiger partial charge in [-0.25, -0.2) is 4.79 Å². The van der Waals surface area contributed by atoms with Gasteiger partial charge >= 0.3 is 6.09 Å². The fourth-order valence-corrected chi connectivity index (χ4v) is 6.48. The first kappa shape index (κ1) is 28.4. The summed E-state index contributed by atoms with van der Waals surface area (Å²) < 4.78 is 5.86. The molecule has 3 N–H and O–H groups in total. The van der Waals surface area contributed by atoms with Crippen LogP contribution in [-0.4, -0.2) is 48.9 Å². The minimum Gasteiger partial charge on any atom is -0.446 e. The second-order valence-corrected chi connectivity index (χ2v) is 11.6. The fourth-order valence-electron chi connectivity index (χ4n) is 6.27. The van der Waals surface area contributed by atoms with E-state index in [1.807, 2.05) is 24.3 Å². The molecule has 1 heterocycles. The first-order chi connectivity index (χ1) is 18.4. The minimum atomic E-state index is -0.793. The van der Waals surface area contributed by atoms with Crippen molar-refractivity contribution in [3.05, 3.63) is 34.9 Å². The van der Waals surface area contributed by atoms with Crippen molar-refractivity contribution in [2.24, 2.45) is 17.8 Å². The number of carbonyl (C=O) groups is 4. The fraction of sp³-hybridized carbons (Fsp3) is 0.655. The third-order valence-electron chi connectivity index (χ3n) is 8.33. The predicted octanol–water partition coefficient (Wildman–Crippen LogP) is 4.33. The average molecular weight is 546 g/mol. The Bertz CT molecular complexity index is 983. The summed E-state index contributed by atoms with van der Waals surface area (Å²) in [6.07, 6.45) is 10.2. The summed E-state index contributed by atoms with van der Waals surface area (Å²) in [6.45, 7) is 0.584.